The number of rotatable bonds is 3. The third kappa shape index (κ3) is 10.6. The van der Waals surface area contributed by atoms with Gasteiger partial charge in [-0.15, -0.1) is 0 Å². The van der Waals surface area contributed by atoms with E-state index in [9.17, 15) is 4.79 Å². The van der Waals surface area contributed by atoms with Crippen LogP contribution in [0.2, 0.25) is 0 Å². The maximum absolute atomic E-state index is 11.7. The summed E-state index contributed by atoms with van der Waals surface area (Å²) in [6, 6.07) is 0. The summed E-state index contributed by atoms with van der Waals surface area (Å²) < 4.78 is 0. The first-order chi connectivity index (χ1) is 10.8. The van der Waals surface area contributed by atoms with Gasteiger partial charge in [0.2, 0.25) is 5.91 Å². The molecule has 128 valence electrons. The number of nitrogens with one attached hydrogen (secondary N) is 1. The molecule has 0 aliphatic carbocycles. The minimum atomic E-state index is 0.202. The maximum atomic E-state index is 11.7. The van der Waals surface area contributed by atoms with Gasteiger partial charge in [0.05, 0.1) is 5.71 Å². The van der Waals surface area contributed by atoms with Gasteiger partial charge in [-0.1, -0.05) is 50.6 Å². The summed E-state index contributed by atoms with van der Waals surface area (Å²) in [5, 5.41) is 7.32. The van der Waals surface area contributed by atoms with Crippen molar-refractivity contribution in [3.8, 4) is 0 Å². The predicted molar refractivity (Wildman–Crippen MR) is 92.1 cm³/mol. The van der Waals surface area contributed by atoms with E-state index in [1.54, 1.807) is 0 Å². The third-order valence-electron chi connectivity index (χ3n) is 4.07. The van der Waals surface area contributed by atoms with Crippen molar-refractivity contribution < 1.29 is 9.63 Å². The van der Waals surface area contributed by atoms with Gasteiger partial charge in [0.25, 0.3) is 0 Å². The van der Waals surface area contributed by atoms with E-state index in [1.165, 1.54) is 44.9 Å². The van der Waals surface area contributed by atoms with Crippen LogP contribution in [-0.4, -0.2) is 24.8 Å². The molecule has 0 aromatic heterocycles. The highest BCUT2D eigenvalue weighted by Crippen LogP contribution is 2.12. The van der Waals surface area contributed by atoms with Crippen molar-refractivity contribution in [3.05, 3.63) is 0 Å². The summed E-state index contributed by atoms with van der Waals surface area (Å²) in [5.41, 5.74) is 1.16. The molecular formula is C18H34N2O2. The van der Waals surface area contributed by atoms with Crippen molar-refractivity contribution in [1.82, 2.24) is 5.32 Å². The molecule has 1 saturated heterocycles. The number of hydrogen-bond acceptors (Lipinski definition) is 3. The van der Waals surface area contributed by atoms with Crippen LogP contribution in [0.25, 0.3) is 0 Å². The van der Waals surface area contributed by atoms with Crippen LogP contribution in [0.5, 0.6) is 0 Å². The Kier molecular flexibility index (Phi) is 11.7. The van der Waals surface area contributed by atoms with Crippen LogP contribution in [-0.2, 0) is 9.63 Å². The van der Waals surface area contributed by atoms with E-state index in [0.29, 0.717) is 13.0 Å². The molecule has 1 fully saturated rings. The fraction of sp³-hybridized carbons (Fsp3) is 0.889. The van der Waals surface area contributed by atoms with Crippen molar-refractivity contribution >= 4 is 11.6 Å². The van der Waals surface area contributed by atoms with E-state index in [-0.39, 0.29) is 5.91 Å². The highest BCUT2D eigenvalue weighted by atomic mass is 16.6. The molecule has 0 unspecified atom stereocenters. The molecule has 1 rings (SSSR count). The van der Waals surface area contributed by atoms with Gasteiger partial charge in [-0.05, 0) is 38.5 Å². The quantitative estimate of drug-likeness (QED) is 0.612. The van der Waals surface area contributed by atoms with Gasteiger partial charge >= 0.3 is 0 Å². The Morgan fingerprint density at radius 1 is 0.909 bits per heavy atom. The zero-order valence-electron chi connectivity index (χ0n) is 14.4. The highest BCUT2D eigenvalue weighted by molar-refractivity contribution is 5.84. The van der Waals surface area contributed by atoms with Gasteiger partial charge in [0.15, 0.2) is 0 Å². The number of carbonyl (C=O) groups excluding carboxylic acids is 1. The largest absolute Gasteiger partial charge is 0.396 e. The number of amides is 1. The number of carbonyl (C=O) groups is 1. The normalized spacial score (nSPS) is 22.2. The Labute approximate surface area is 136 Å². The molecule has 1 aliphatic rings. The molecule has 1 aliphatic heterocycles. The summed E-state index contributed by atoms with van der Waals surface area (Å²) in [6.07, 6.45) is 14.6. The lowest BCUT2D eigenvalue weighted by Crippen LogP contribution is -2.24. The van der Waals surface area contributed by atoms with Crippen LogP contribution in [0.15, 0.2) is 5.16 Å². The molecule has 4 heteroatoms. The average molecular weight is 310 g/mol. The van der Waals surface area contributed by atoms with Crippen molar-refractivity contribution in [2.75, 3.05) is 13.2 Å². The van der Waals surface area contributed by atoms with Gasteiger partial charge in [0.1, 0.15) is 6.61 Å². The SMILES string of the molecule is CCCO/N=C1\CCCCCCCCCCC(=O)NCCC1. The fourth-order valence-corrected chi connectivity index (χ4v) is 2.73. The Hall–Kier alpha value is -1.06. The molecule has 22 heavy (non-hydrogen) atoms. The summed E-state index contributed by atoms with van der Waals surface area (Å²) in [4.78, 5) is 17.1. The standard InChI is InChI=1S/C18H34N2O2/c1-2-16-22-20-17-12-9-7-5-3-4-6-8-10-14-18(21)19-15-11-13-17/h2-16H2,1H3,(H,19,21)/b20-17+. The fourth-order valence-electron chi connectivity index (χ4n) is 2.73. The summed E-state index contributed by atoms with van der Waals surface area (Å²) in [7, 11) is 0. The van der Waals surface area contributed by atoms with Gasteiger partial charge < -0.3 is 10.2 Å². The molecule has 0 aromatic carbocycles. The monoisotopic (exact) mass is 310 g/mol. The van der Waals surface area contributed by atoms with Crippen molar-refractivity contribution in [2.45, 2.75) is 90.4 Å². The van der Waals surface area contributed by atoms with Crippen LogP contribution in [0.3, 0.4) is 0 Å². The topological polar surface area (TPSA) is 50.7 Å². The van der Waals surface area contributed by atoms with Crippen LogP contribution in [0, 0.1) is 0 Å². The molecule has 0 bridgehead atoms. The van der Waals surface area contributed by atoms with E-state index in [1.807, 2.05) is 0 Å². The minimum Gasteiger partial charge on any atom is -0.396 e. The van der Waals surface area contributed by atoms with E-state index in [0.717, 1.165) is 44.4 Å². The molecule has 1 heterocycles. The second-order valence-corrected chi connectivity index (χ2v) is 6.27. The first kappa shape index (κ1) is 19.0. The van der Waals surface area contributed by atoms with Crippen LogP contribution >= 0.6 is 0 Å². The van der Waals surface area contributed by atoms with Crippen molar-refractivity contribution in [2.24, 2.45) is 5.16 Å². The van der Waals surface area contributed by atoms with Crippen LogP contribution in [0.4, 0.5) is 0 Å². The van der Waals surface area contributed by atoms with E-state index >= 15 is 0 Å². The van der Waals surface area contributed by atoms with Gasteiger partial charge in [-0.25, -0.2) is 0 Å². The second kappa shape index (κ2) is 13.6. The zero-order valence-corrected chi connectivity index (χ0v) is 14.4. The molecular weight excluding hydrogens is 276 g/mol. The van der Waals surface area contributed by atoms with E-state index < -0.39 is 0 Å². The van der Waals surface area contributed by atoms with E-state index in [4.69, 9.17) is 4.84 Å². The lowest BCUT2D eigenvalue weighted by atomic mass is 10.0. The van der Waals surface area contributed by atoms with Gasteiger partial charge in [-0.2, -0.15) is 0 Å². The lowest BCUT2D eigenvalue weighted by molar-refractivity contribution is -0.121. The minimum absolute atomic E-state index is 0.202. The molecule has 0 saturated carbocycles. The van der Waals surface area contributed by atoms with Crippen LogP contribution < -0.4 is 5.32 Å². The number of hydrogen-bond donors (Lipinski definition) is 1. The number of nitrogens with zero attached hydrogens (tertiary/aromatic N) is 1. The molecule has 0 atom stereocenters. The van der Waals surface area contributed by atoms with Gasteiger partial charge in [-0.3, -0.25) is 4.79 Å². The summed E-state index contributed by atoms with van der Waals surface area (Å²) in [6.45, 7) is 3.54. The predicted octanol–water partition coefficient (Wildman–Crippen LogP) is 4.58. The summed E-state index contributed by atoms with van der Waals surface area (Å²) >= 11 is 0. The maximum Gasteiger partial charge on any atom is 0.219 e. The molecule has 0 radical (unpaired) electrons. The first-order valence-corrected chi connectivity index (χ1v) is 9.27. The Bertz CT molecular complexity index is 316. The number of oxime groups is 1. The highest BCUT2D eigenvalue weighted by Gasteiger charge is 2.05. The molecule has 1 amide bonds. The summed E-state index contributed by atoms with van der Waals surface area (Å²) in [5.74, 6) is 0.202. The molecule has 4 nitrogen and oxygen atoms in total. The second-order valence-electron chi connectivity index (χ2n) is 6.27. The first-order valence-electron chi connectivity index (χ1n) is 9.27. The molecule has 0 spiro atoms. The lowest BCUT2D eigenvalue weighted by Gasteiger charge is -2.09. The molecule has 0 aromatic rings. The van der Waals surface area contributed by atoms with E-state index in [2.05, 4.69) is 17.4 Å². The zero-order chi connectivity index (χ0) is 15.9. The average Bonchev–Trinajstić information content (AvgIpc) is 2.51. The van der Waals surface area contributed by atoms with Gasteiger partial charge in [0, 0.05) is 13.0 Å². The smallest absolute Gasteiger partial charge is 0.219 e. The Morgan fingerprint density at radius 3 is 2.18 bits per heavy atom. The van der Waals surface area contributed by atoms with Crippen molar-refractivity contribution in [3.63, 3.8) is 0 Å². The third-order valence-corrected chi connectivity index (χ3v) is 4.07. The van der Waals surface area contributed by atoms with Crippen molar-refractivity contribution in [1.29, 1.82) is 0 Å². The molecule has 1 N–H and O–H groups in total. The Balaban J connectivity index is 2.37. The van der Waals surface area contributed by atoms with Crippen LogP contribution in [0.1, 0.15) is 90.4 Å². The Morgan fingerprint density at radius 2 is 1.50 bits per heavy atom.